The summed E-state index contributed by atoms with van der Waals surface area (Å²) < 4.78 is 5.83. The van der Waals surface area contributed by atoms with E-state index in [4.69, 9.17) is 10.5 Å². The van der Waals surface area contributed by atoms with Crippen LogP contribution in [0.2, 0.25) is 0 Å². The highest BCUT2D eigenvalue weighted by Gasteiger charge is 2.20. The molecule has 0 saturated heterocycles. The number of nitrogens with two attached hydrogens (primary N) is 1. The Morgan fingerprint density at radius 2 is 1.59 bits per heavy atom. The lowest BCUT2D eigenvalue weighted by Crippen LogP contribution is -2.37. The second kappa shape index (κ2) is 5.09. The zero-order valence-electron chi connectivity index (χ0n) is 11.7. The van der Waals surface area contributed by atoms with Crippen LogP contribution >= 0.6 is 0 Å². The van der Waals surface area contributed by atoms with Crippen LogP contribution in [0.15, 0.2) is 24.3 Å². The summed E-state index contributed by atoms with van der Waals surface area (Å²) in [5.74, 6) is 0.885. The van der Waals surface area contributed by atoms with Gasteiger partial charge in [0.25, 0.3) is 0 Å². The molecule has 0 spiro atoms. The van der Waals surface area contributed by atoms with Crippen LogP contribution in [0.5, 0.6) is 5.75 Å². The molecule has 1 aromatic rings. The third-order valence-electron chi connectivity index (χ3n) is 3.41. The van der Waals surface area contributed by atoms with Crippen LogP contribution in [0.1, 0.15) is 46.6 Å². The van der Waals surface area contributed by atoms with Gasteiger partial charge >= 0.3 is 0 Å². The topological polar surface area (TPSA) is 35.2 Å². The van der Waals surface area contributed by atoms with Gasteiger partial charge < -0.3 is 10.5 Å². The Morgan fingerprint density at radius 3 is 2.00 bits per heavy atom. The molecule has 1 rings (SSSR count). The minimum Gasteiger partial charge on any atom is -0.487 e. The Bertz CT molecular complexity index is 352. The van der Waals surface area contributed by atoms with E-state index in [2.05, 4.69) is 32.9 Å². The van der Waals surface area contributed by atoms with Crippen LogP contribution < -0.4 is 10.5 Å². The molecule has 0 atom stereocenters. The molecule has 17 heavy (non-hydrogen) atoms. The van der Waals surface area contributed by atoms with Gasteiger partial charge in [0.15, 0.2) is 0 Å². The quantitative estimate of drug-likeness (QED) is 0.848. The van der Waals surface area contributed by atoms with E-state index in [9.17, 15) is 0 Å². The fraction of sp³-hybridized carbons (Fsp3) is 0.600. The highest BCUT2D eigenvalue weighted by Crippen LogP contribution is 2.28. The second-order valence-corrected chi connectivity index (χ2v) is 5.83. The number of benzene rings is 1. The van der Waals surface area contributed by atoms with Crippen molar-refractivity contribution in [3.05, 3.63) is 29.8 Å². The number of hydrogen-bond donors (Lipinski definition) is 1. The maximum Gasteiger partial charge on any atom is 0.120 e. The van der Waals surface area contributed by atoms with Crippen molar-refractivity contribution >= 4 is 0 Å². The van der Waals surface area contributed by atoms with Gasteiger partial charge in [0.2, 0.25) is 0 Å². The van der Waals surface area contributed by atoms with Crippen molar-refractivity contribution in [2.75, 3.05) is 6.54 Å². The molecule has 0 bridgehead atoms. The van der Waals surface area contributed by atoms with Gasteiger partial charge in [0, 0.05) is 6.54 Å². The van der Waals surface area contributed by atoms with Crippen LogP contribution in [0.3, 0.4) is 0 Å². The highest BCUT2D eigenvalue weighted by atomic mass is 16.5. The highest BCUT2D eigenvalue weighted by molar-refractivity contribution is 5.31. The molecule has 2 N–H and O–H groups in total. The van der Waals surface area contributed by atoms with Crippen LogP contribution in [0, 0.1) is 0 Å². The lowest BCUT2D eigenvalue weighted by atomic mass is 9.82. The fourth-order valence-corrected chi connectivity index (χ4v) is 1.54. The minimum atomic E-state index is -0.304. The first-order valence-corrected chi connectivity index (χ1v) is 6.30. The van der Waals surface area contributed by atoms with Gasteiger partial charge in [-0.1, -0.05) is 32.9 Å². The molecule has 0 amide bonds. The molecular formula is C15H25NO. The van der Waals surface area contributed by atoms with E-state index in [1.165, 1.54) is 5.56 Å². The number of rotatable bonds is 5. The second-order valence-electron chi connectivity index (χ2n) is 5.83. The largest absolute Gasteiger partial charge is 0.487 e. The van der Waals surface area contributed by atoms with E-state index in [1.807, 2.05) is 26.0 Å². The van der Waals surface area contributed by atoms with Crippen molar-refractivity contribution in [3.63, 3.8) is 0 Å². The van der Waals surface area contributed by atoms with Crippen LogP contribution in [-0.4, -0.2) is 12.1 Å². The van der Waals surface area contributed by atoms with Crippen molar-refractivity contribution in [2.24, 2.45) is 5.73 Å². The summed E-state index contributed by atoms with van der Waals surface area (Å²) in [5, 5.41) is 0. The van der Waals surface area contributed by atoms with Gasteiger partial charge in [-0.3, -0.25) is 0 Å². The van der Waals surface area contributed by atoms with Gasteiger partial charge in [-0.2, -0.15) is 0 Å². The summed E-state index contributed by atoms with van der Waals surface area (Å²) in [4.78, 5) is 0. The smallest absolute Gasteiger partial charge is 0.120 e. The Morgan fingerprint density at radius 1 is 1.06 bits per heavy atom. The molecular weight excluding hydrogens is 210 g/mol. The summed E-state index contributed by atoms with van der Waals surface area (Å²) in [5.41, 5.74) is 6.92. The SMILES string of the molecule is CCC(C)(C)c1ccc(OC(C)(C)CN)cc1. The van der Waals surface area contributed by atoms with Gasteiger partial charge in [0.1, 0.15) is 11.4 Å². The summed E-state index contributed by atoms with van der Waals surface area (Å²) in [6.45, 7) is 11.2. The van der Waals surface area contributed by atoms with Crippen molar-refractivity contribution in [1.29, 1.82) is 0 Å². The van der Waals surface area contributed by atoms with Gasteiger partial charge in [0.05, 0.1) is 0 Å². The Hall–Kier alpha value is -1.02. The zero-order chi connectivity index (χ0) is 13.1. The molecule has 2 nitrogen and oxygen atoms in total. The minimum absolute atomic E-state index is 0.224. The van der Waals surface area contributed by atoms with Crippen molar-refractivity contribution in [2.45, 2.75) is 52.1 Å². The zero-order valence-corrected chi connectivity index (χ0v) is 11.7. The first-order chi connectivity index (χ1) is 7.80. The molecule has 0 aliphatic carbocycles. The van der Waals surface area contributed by atoms with E-state index in [0.717, 1.165) is 12.2 Å². The average Bonchev–Trinajstić information content (AvgIpc) is 2.29. The molecule has 0 aliphatic rings. The third-order valence-corrected chi connectivity index (χ3v) is 3.41. The maximum absolute atomic E-state index is 5.83. The standard InChI is InChI=1S/C15H25NO/c1-6-14(2,3)12-7-9-13(10-8-12)17-15(4,5)11-16/h7-10H,6,11,16H2,1-5H3. The van der Waals surface area contributed by atoms with E-state index in [-0.39, 0.29) is 11.0 Å². The van der Waals surface area contributed by atoms with Crippen LogP contribution in [-0.2, 0) is 5.41 Å². The predicted octanol–water partition coefficient (Wildman–Crippen LogP) is 3.49. The van der Waals surface area contributed by atoms with E-state index >= 15 is 0 Å². The first kappa shape index (κ1) is 14.0. The molecule has 0 aliphatic heterocycles. The third kappa shape index (κ3) is 3.74. The monoisotopic (exact) mass is 235 g/mol. The fourth-order valence-electron chi connectivity index (χ4n) is 1.54. The molecule has 0 unspecified atom stereocenters. The molecule has 96 valence electrons. The van der Waals surface area contributed by atoms with Crippen molar-refractivity contribution < 1.29 is 4.74 Å². The Balaban J connectivity index is 2.82. The predicted molar refractivity (Wildman–Crippen MR) is 73.5 cm³/mol. The summed E-state index contributed by atoms with van der Waals surface area (Å²) in [6.07, 6.45) is 1.13. The van der Waals surface area contributed by atoms with Crippen molar-refractivity contribution in [3.8, 4) is 5.75 Å². The molecule has 2 heteroatoms. The molecule has 0 heterocycles. The lowest BCUT2D eigenvalue weighted by Gasteiger charge is -2.26. The maximum atomic E-state index is 5.83. The summed E-state index contributed by atoms with van der Waals surface area (Å²) >= 11 is 0. The lowest BCUT2D eigenvalue weighted by molar-refractivity contribution is 0.119. The number of ether oxygens (including phenoxy) is 1. The summed E-state index contributed by atoms with van der Waals surface area (Å²) in [6, 6.07) is 8.35. The van der Waals surface area contributed by atoms with Gasteiger partial charge in [-0.15, -0.1) is 0 Å². The molecule has 0 saturated carbocycles. The molecule has 1 aromatic carbocycles. The Labute approximate surface area is 105 Å². The van der Waals surface area contributed by atoms with Crippen LogP contribution in [0.25, 0.3) is 0 Å². The molecule has 0 radical (unpaired) electrons. The Kier molecular flexibility index (Phi) is 4.21. The van der Waals surface area contributed by atoms with Crippen molar-refractivity contribution in [1.82, 2.24) is 0 Å². The molecule has 0 fully saturated rings. The van der Waals surface area contributed by atoms with E-state index in [1.54, 1.807) is 0 Å². The van der Waals surface area contributed by atoms with E-state index < -0.39 is 0 Å². The number of hydrogen-bond acceptors (Lipinski definition) is 2. The van der Waals surface area contributed by atoms with E-state index in [0.29, 0.717) is 6.54 Å². The molecule has 0 aromatic heterocycles. The normalized spacial score (nSPS) is 12.6. The average molecular weight is 235 g/mol. The van der Waals surface area contributed by atoms with Gasteiger partial charge in [-0.25, -0.2) is 0 Å². The summed E-state index contributed by atoms with van der Waals surface area (Å²) in [7, 11) is 0. The first-order valence-electron chi connectivity index (χ1n) is 6.30. The van der Waals surface area contributed by atoms with Crippen LogP contribution in [0.4, 0.5) is 0 Å². The van der Waals surface area contributed by atoms with Gasteiger partial charge in [-0.05, 0) is 43.4 Å².